The van der Waals surface area contributed by atoms with Crippen molar-refractivity contribution in [1.82, 2.24) is 15.4 Å². The topological polar surface area (TPSA) is 71.8 Å². The summed E-state index contributed by atoms with van der Waals surface area (Å²) in [5, 5.41) is 10.3. The molecule has 0 spiro atoms. The van der Waals surface area contributed by atoms with Crippen LogP contribution < -0.4 is 5.56 Å². The largest absolute Gasteiger partial charge is 0.354 e. The standard InChI is InChI=1S/C8H9N3O2/c1-4(2)7-6-5(13-11-7)3-9-10-8(6)12/h3-4H,1-2H3,(H,10,12). The molecule has 2 rings (SSSR count). The van der Waals surface area contributed by atoms with Crippen LogP contribution in [0.4, 0.5) is 0 Å². The number of nitrogens with one attached hydrogen (secondary N) is 1. The van der Waals surface area contributed by atoms with Gasteiger partial charge in [-0.15, -0.1) is 0 Å². The Labute approximate surface area is 73.7 Å². The van der Waals surface area contributed by atoms with E-state index in [0.29, 0.717) is 16.7 Å². The third-order valence-corrected chi connectivity index (χ3v) is 1.87. The number of rotatable bonds is 1. The molecule has 0 unspecified atom stereocenters. The lowest BCUT2D eigenvalue weighted by Gasteiger charge is -1.95. The minimum absolute atomic E-state index is 0.171. The second-order valence-corrected chi connectivity index (χ2v) is 3.16. The SMILES string of the molecule is CC(C)c1noc2cn[nH]c(=O)c12. The Morgan fingerprint density at radius 3 is 3.00 bits per heavy atom. The molecule has 0 aliphatic carbocycles. The molecule has 0 saturated heterocycles. The number of aromatic nitrogens is 3. The van der Waals surface area contributed by atoms with Gasteiger partial charge >= 0.3 is 0 Å². The summed E-state index contributed by atoms with van der Waals surface area (Å²) in [6.07, 6.45) is 1.45. The number of fused-ring (bicyclic) bond motifs is 1. The van der Waals surface area contributed by atoms with Gasteiger partial charge in [-0.3, -0.25) is 4.79 Å². The molecule has 5 nitrogen and oxygen atoms in total. The van der Waals surface area contributed by atoms with Gasteiger partial charge in [-0.05, 0) is 5.92 Å². The first-order valence-corrected chi connectivity index (χ1v) is 4.03. The van der Waals surface area contributed by atoms with Crippen LogP contribution in [0.15, 0.2) is 15.5 Å². The van der Waals surface area contributed by atoms with Gasteiger partial charge in [-0.2, -0.15) is 5.10 Å². The lowest BCUT2D eigenvalue weighted by Crippen LogP contribution is -2.08. The Kier molecular flexibility index (Phi) is 1.65. The molecule has 0 aliphatic heterocycles. The predicted molar refractivity (Wildman–Crippen MR) is 46.5 cm³/mol. The van der Waals surface area contributed by atoms with E-state index in [4.69, 9.17) is 4.52 Å². The van der Waals surface area contributed by atoms with E-state index in [2.05, 4.69) is 15.4 Å². The van der Waals surface area contributed by atoms with Crippen LogP contribution in [0.3, 0.4) is 0 Å². The van der Waals surface area contributed by atoms with Crippen molar-refractivity contribution >= 4 is 11.0 Å². The van der Waals surface area contributed by atoms with Crippen LogP contribution in [0.1, 0.15) is 25.5 Å². The van der Waals surface area contributed by atoms with Gasteiger partial charge in [0, 0.05) is 0 Å². The first kappa shape index (κ1) is 7.97. The van der Waals surface area contributed by atoms with Crippen LogP contribution in [-0.4, -0.2) is 15.4 Å². The van der Waals surface area contributed by atoms with Crippen molar-refractivity contribution in [2.24, 2.45) is 0 Å². The van der Waals surface area contributed by atoms with E-state index in [-0.39, 0.29) is 11.5 Å². The van der Waals surface area contributed by atoms with Crippen LogP contribution in [0.5, 0.6) is 0 Å². The molecule has 0 saturated carbocycles. The fourth-order valence-electron chi connectivity index (χ4n) is 1.23. The van der Waals surface area contributed by atoms with Gasteiger partial charge in [-0.25, -0.2) is 5.10 Å². The van der Waals surface area contributed by atoms with Crippen molar-refractivity contribution in [3.63, 3.8) is 0 Å². The molecule has 0 amide bonds. The molecule has 13 heavy (non-hydrogen) atoms. The Bertz CT molecular complexity index is 483. The zero-order valence-electron chi connectivity index (χ0n) is 7.37. The third-order valence-electron chi connectivity index (χ3n) is 1.87. The minimum Gasteiger partial charge on any atom is -0.354 e. The van der Waals surface area contributed by atoms with Crippen molar-refractivity contribution in [3.8, 4) is 0 Å². The van der Waals surface area contributed by atoms with E-state index in [0.717, 1.165) is 0 Å². The highest BCUT2D eigenvalue weighted by molar-refractivity contribution is 5.77. The summed E-state index contributed by atoms with van der Waals surface area (Å²) in [5.41, 5.74) is 0.869. The average molecular weight is 179 g/mol. The smallest absolute Gasteiger partial charge is 0.277 e. The summed E-state index contributed by atoms with van der Waals surface area (Å²) < 4.78 is 4.96. The normalized spacial score (nSPS) is 11.3. The first-order valence-electron chi connectivity index (χ1n) is 4.03. The lowest BCUT2D eigenvalue weighted by molar-refractivity contribution is 0.440. The maximum atomic E-state index is 11.3. The average Bonchev–Trinajstić information content (AvgIpc) is 2.49. The van der Waals surface area contributed by atoms with E-state index < -0.39 is 0 Å². The Balaban J connectivity index is 2.87. The highest BCUT2D eigenvalue weighted by Gasteiger charge is 2.14. The molecule has 0 bridgehead atoms. The molecule has 0 aromatic carbocycles. The van der Waals surface area contributed by atoms with Gasteiger partial charge in [0.25, 0.3) is 5.56 Å². The van der Waals surface area contributed by atoms with E-state index in [1.165, 1.54) is 6.20 Å². The molecule has 0 aliphatic rings. The number of H-pyrrole nitrogens is 1. The monoisotopic (exact) mass is 179 g/mol. The van der Waals surface area contributed by atoms with E-state index in [1.807, 2.05) is 13.8 Å². The van der Waals surface area contributed by atoms with Gasteiger partial charge in [-0.1, -0.05) is 19.0 Å². The van der Waals surface area contributed by atoms with Crippen LogP contribution in [0.2, 0.25) is 0 Å². The molecule has 2 aromatic rings. The number of aromatic amines is 1. The summed E-state index contributed by atoms with van der Waals surface area (Å²) in [6.45, 7) is 3.91. The quantitative estimate of drug-likeness (QED) is 0.709. The zero-order valence-corrected chi connectivity index (χ0v) is 7.37. The van der Waals surface area contributed by atoms with Crippen LogP contribution >= 0.6 is 0 Å². The fourth-order valence-corrected chi connectivity index (χ4v) is 1.23. The second-order valence-electron chi connectivity index (χ2n) is 3.16. The maximum absolute atomic E-state index is 11.3. The molecule has 0 fully saturated rings. The Morgan fingerprint density at radius 2 is 2.31 bits per heavy atom. The first-order chi connectivity index (χ1) is 6.20. The maximum Gasteiger partial charge on any atom is 0.277 e. The highest BCUT2D eigenvalue weighted by atomic mass is 16.5. The molecule has 68 valence electrons. The summed E-state index contributed by atoms with van der Waals surface area (Å²) >= 11 is 0. The van der Waals surface area contributed by atoms with Gasteiger partial charge in [0.2, 0.25) is 0 Å². The molecule has 0 radical (unpaired) electrons. The van der Waals surface area contributed by atoms with Gasteiger partial charge in [0.1, 0.15) is 5.39 Å². The highest BCUT2D eigenvalue weighted by Crippen LogP contribution is 2.19. The van der Waals surface area contributed by atoms with Crippen molar-refractivity contribution in [2.45, 2.75) is 19.8 Å². The zero-order chi connectivity index (χ0) is 9.42. The van der Waals surface area contributed by atoms with Gasteiger partial charge < -0.3 is 4.52 Å². The summed E-state index contributed by atoms with van der Waals surface area (Å²) in [7, 11) is 0. The summed E-state index contributed by atoms with van der Waals surface area (Å²) in [6, 6.07) is 0. The summed E-state index contributed by atoms with van der Waals surface area (Å²) in [4.78, 5) is 11.3. The van der Waals surface area contributed by atoms with Crippen molar-refractivity contribution < 1.29 is 4.52 Å². The van der Waals surface area contributed by atoms with Crippen LogP contribution in [0.25, 0.3) is 11.0 Å². The number of nitrogens with zero attached hydrogens (tertiary/aromatic N) is 2. The molecule has 2 aromatic heterocycles. The Morgan fingerprint density at radius 1 is 1.54 bits per heavy atom. The molecular formula is C8H9N3O2. The second kappa shape index (κ2) is 2.69. The number of hydrogen-bond donors (Lipinski definition) is 1. The predicted octanol–water partition coefficient (Wildman–Crippen LogP) is 1.03. The van der Waals surface area contributed by atoms with E-state index >= 15 is 0 Å². The summed E-state index contributed by atoms with van der Waals surface area (Å²) in [5.74, 6) is 0.171. The minimum atomic E-state index is -0.248. The fraction of sp³-hybridized carbons (Fsp3) is 0.375. The molecule has 1 N–H and O–H groups in total. The Hall–Kier alpha value is -1.65. The van der Waals surface area contributed by atoms with Crippen molar-refractivity contribution in [1.29, 1.82) is 0 Å². The van der Waals surface area contributed by atoms with Crippen molar-refractivity contribution in [3.05, 3.63) is 22.2 Å². The third kappa shape index (κ3) is 1.12. The van der Waals surface area contributed by atoms with Gasteiger partial charge in [0.15, 0.2) is 5.58 Å². The van der Waals surface area contributed by atoms with E-state index in [1.54, 1.807) is 0 Å². The van der Waals surface area contributed by atoms with E-state index in [9.17, 15) is 4.79 Å². The van der Waals surface area contributed by atoms with Gasteiger partial charge in [0.05, 0.1) is 11.9 Å². The van der Waals surface area contributed by atoms with Crippen LogP contribution in [0, 0.1) is 0 Å². The number of hydrogen-bond acceptors (Lipinski definition) is 4. The molecule has 2 heterocycles. The van der Waals surface area contributed by atoms with Crippen LogP contribution in [-0.2, 0) is 0 Å². The molecule has 0 atom stereocenters. The lowest BCUT2D eigenvalue weighted by atomic mass is 10.1. The molecular weight excluding hydrogens is 170 g/mol. The van der Waals surface area contributed by atoms with Crippen molar-refractivity contribution in [2.75, 3.05) is 0 Å². The molecule has 5 heteroatoms.